The van der Waals surface area contributed by atoms with Crippen LogP contribution in [0.3, 0.4) is 0 Å². The van der Waals surface area contributed by atoms with Gasteiger partial charge in [0.2, 0.25) is 11.8 Å². The molecule has 2 bridgehead atoms. The van der Waals surface area contributed by atoms with Crippen LogP contribution in [0.2, 0.25) is 0 Å². The van der Waals surface area contributed by atoms with Crippen LogP contribution >= 0.6 is 0 Å². The third-order valence-electron chi connectivity index (χ3n) is 7.69. The third kappa shape index (κ3) is 2.98. The van der Waals surface area contributed by atoms with Crippen LogP contribution in [0.15, 0.2) is 36.4 Å². The Bertz CT molecular complexity index is 889. The van der Waals surface area contributed by atoms with Crippen LogP contribution in [0.25, 0.3) is 0 Å². The Morgan fingerprint density at radius 2 is 1.77 bits per heavy atom. The Hall–Kier alpha value is -2.24. The SMILES string of the molecule is CC1(C(=O)N2C3CCC([C@@H]2C(=O)N2Cc4ccccc4C2)C(F)(F)C3)CC=CCC1. The molecule has 4 nitrogen and oxygen atoms in total. The van der Waals surface area contributed by atoms with E-state index < -0.39 is 29.3 Å². The highest BCUT2D eigenvalue weighted by atomic mass is 19.3. The molecule has 1 aromatic rings. The second-order valence-corrected chi connectivity index (χ2v) is 9.70. The number of fused-ring (bicyclic) bond motifs is 4. The molecular formula is C24H28F2N2O2. The summed E-state index contributed by atoms with van der Waals surface area (Å²) in [5, 5.41) is 0. The number of hydrogen-bond acceptors (Lipinski definition) is 2. The van der Waals surface area contributed by atoms with E-state index in [-0.39, 0.29) is 18.2 Å². The monoisotopic (exact) mass is 414 g/mol. The van der Waals surface area contributed by atoms with E-state index in [0.717, 1.165) is 17.5 Å². The highest BCUT2D eigenvalue weighted by molar-refractivity contribution is 5.91. The lowest BCUT2D eigenvalue weighted by Crippen LogP contribution is -2.69. The van der Waals surface area contributed by atoms with Gasteiger partial charge in [-0.25, -0.2) is 8.78 Å². The van der Waals surface area contributed by atoms with Gasteiger partial charge in [0.1, 0.15) is 6.04 Å². The summed E-state index contributed by atoms with van der Waals surface area (Å²) in [6.45, 7) is 2.78. The van der Waals surface area contributed by atoms with E-state index in [0.29, 0.717) is 38.8 Å². The first-order chi connectivity index (χ1) is 14.3. The third-order valence-corrected chi connectivity index (χ3v) is 7.69. The number of amides is 2. The molecule has 0 aromatic heterocycles. The number of hydrogen-bond donors (Lipinski definition) is 0. The van der Waals surface area contributed by atoms with Gasteiger partial charge in [-0.05, 0) is 43.2 Å². The van der Waals surface area contributed by atoms with Crippen molar-refractivity contribution in [2.45, 2.75) is 76.5 Å². The van der Waals surface area contributed by atoms with Gasteiger partial charge in [0.25, 0.3) is 5.92 Å². The largest absolute Gasteiger partial charge is 0.332 e. The van der Waals surface area contributed by atoms with Crippen LogP contribution in [0.4, 0.5) is 8.78 Å². The number of carbonyl (C=O) groups excluding carboxylic acids is 2. The van der Waals surface area contributed by atoms with Gasteiger partial charge in [0, 0.05) is 25.6 Å². The Balaban J connectivity index is 1.47. The summed E-state index contributed by atoms with van der Waals surface area (Å²) < 4.78 is 29.8. The zero-order chi connectivity index (χ0) is 21.1. The number of allylic oxidation sites excluding steroid dienone is 2. The van der Waals surface area contributed by atoms with Crippen LogP contribution in [0, 0.1) is 11.3 Å². The van der Waals surface area contributed by atoms with Crippen molar-refractivity contribution in [1.29, 1.82) is 0 Å². The summed E-state index contributed by atoms with van der Waals surface area (Å²) >= 11 is 0. The zero-order valence-electron chi connectivity index (χ0n) is 17.3. The van der Waals surface area contributed by atoms with Crippen LogP contribution in [0.5, 0.6) is 0 Å². The molecule has 3 heterocycles. The molecule has 30 heavy (non-hydrogen) atoms. The van der Waals surface area contributed by atoms with Gasteiger partial charge in [-0.3, -0.25) is 9.59 Å². The number of nitrogens with zero attached hydrogens (tertiary/aromatic N) is 2. The Morgan fingerprint density at radius 1 is 1.07 bits per heavy atom. The van der Waals surface area contributed by atoms with E-state index >= 15 is 0 Å². The summed E-state index contributed by atoms with van der Waals surface area (Å²) in [5.74, 6) is -4.43. The molecular weight excluding hydrogens is 386 g/mol. The van der Waals surface area contributed by atoms with Crippen molar-refractivity contribution in [3.63, 3.8) is 0 Å². The molecule has 0 radical (unpaired) electrons. The van der Waals surface area contributed by atoms with Crippen molar-refractivity contribution < 1.29 is 18.4 Å². The summed E-state index contributed by atoms with van der Waals surface area (Å²) in [7, 11) is 0. The maximum Gasteiger partial charge on any atom is 0.255 e. The van der Waals surface area contributed by atoms with Crippen molar-refractivity contribution in [2.24, 2.45) is 11.3 Å². The fourth-order valence-electron chi connectivity index (χ4n) is 5.93. The van der Waals surface area contributed by atoms with Crippen LogP contribution in [0.1, 0.15) is 56.6 Å². The molecule has 1 saturated carbocycles. The molecule has 160 valence electrons. The maximum absolute atomic E-state index is 14.9. The number of benzene rings is 1. The van der Waals surface area contributed by atoms with E-state index in [1.165, 1.54) is 0 Å². The standard InChI is InChI=1S/C24H28F2N2O2/c1-23(11-5-2-6-12-23)22(30)28-18-9-10-19(24(25,26)13-18)20(28)21(29)27-14-16-7-3-4-8-17(16)15-27/h2-5,7-8,18-20H,6,9-15H2,1H3/t18?,19?,20-,23?/m1/s1. The van der Waals surface area contributed by atoms with Crippen molar-refractivity contribution in [1.82, 2.24) is 9.80 Å². The minimum Gasteiger partial charge on any atom is -0.332 e. The first kappa shape index (κ1) is 19.7. The molecule has 6 rings (SSSR count). The van der Waals surface area contributed by atoms with E-state index in [1.54, 1.807) is 9.80 Å². The molecule has 1 aromatic carbocycles. The molecule has 3 fully saturated rings. The fourth-order valence-corrected chi connectivity index (χ4v) is 5.93. The Morgan fingerprint density at radius 3 is 2.37 bits per heavy atom. The Labute approximate surface area is 175 Å². The summed E-state index contributed by atoms with van der Waals surface area (Å²) in [6.07, 6.45) is 6.72. The van der Waals surface area contributed by atoms with Gasteiger partial charge in [-0.2, -0.15) is 0 Å². The van der Waals surface area contributed by atoms with Gasteiger partial charge in [0.15, 0.2) is 0 Å². The number of halogens is 2. The molecule has 5 aliphatic rings. The Kier molecular flexibility index (Phi) is 4.53. The number of alkyl halides is 2. The smallest absolute Gasteiger partial charge is 0.255 e. The summed E-state index contributed by atoms with van der Waals surface area (Å²) in [4.78, 5) is 30.6. The summed E-state index contributed by atoms with van der Waals surface area (Å²) in [5.41, 5.74) is 1.50. The normalized spacial score (nSPS) is 34.2. The molecule has 2 aliphatic carbocycles. The van der Waals surface area contributed by atoms with Crippen molar-refractivity contribution in [2.75, 3.05) is 0 Å². The van der Waals surface area contributed by atoms with E-state index in [4.69, 9.17) is 0 Å². The van der Waals surface area contributed by atoms with Gasteiger partial charge in [-0.1, -0.05) is 43.3 Å². The zero-order valence-corrected chi connectivity index (χ0v) is 17.3. The molecule has 2 amide bonds. The average Bonchev–Trinajstić information content (AvgIpc) is 3.16. The molecule has 6 heteroatoms. The summed E-state index contributed by atoms with van der Waals surface area (Å²) in [6, 6.07) is 6.19. The van der Waals surface area contributed by atoms with Gasteiger partial charge in [-0.15, -0.1) is 0 Å². The lowest BCUT2D eigenvalue weighted by atomic mass is 9.69. The minimum atomic E-state index is -2.90. The molecule has 0 spiro atoms. The van der Waals surface area contributed by atoms with Gasteiger partial charge < -0.3 is 9.80 Å². The first-order valence-corrected chi connectivity index (χ1v) is 11.0. The van der Waals surface area contributed by atoms with Crippen molar-refractivity contribution in [3.05, 3.63) is 47.5 Å². The lowest BCUT2D eigenvalue weighted by molar-refractivity contribution is -0.202. The second kappa shape index (κ2) is 6.89. The van der Waals surface area contributed by atoms with E-state index in [9.17, 15) is 18.4 Å². The second-order valence-electron chi connectivity index (χ2n) is 9.70. The van der Waals surface area contributed by atoms with Crippen LogP contribution in [-0.2, 0) is 22.7 Å². The minimum absolute atomic E-state index is 0.118. The quantitative estimate of drug-likeness (QED) is 0.678. The number of piperidine rings is 2. The number of rotatable bonds is 2. The van der Waals surface area contributed by atoms with Gasteiger partial charge >= 0.3 is 0 Å². The topological polar surface area (TPSA) is 40.6 Å². The van der Waals surface area contributed by atoms with Gasteiger partial charge in [0.05, 0.1) is 11.3 Å². The predicted octanol–water partition coefficient (Wildman–Crippen LogP) is 4.29. The molecule has 3 unspecified atom stereocenters. The molecule has 0 N–H and O–H groups in total. The number of carbonyl (C=O) groups is 2. The first-order valence-electron chi connectivity index (χ1n) is 11.0. The maximum atomic E-state index is 14.9. The highest BCUT2D eigenvalue weighted by Crippen LogP contribution is 2.51. The van der Waals surface area contributed by atoms with Crippen LogP contribution in [-0.4, -0.2) is 39.6 Å². The average molecular weight is 414 g/mol. The van der Waals surface area contributed by atoms with Crippen LogP contribution < -0.4 is 0 Å². The van der Waals surface area contributed by atoms with Crippen molar-refractivity contribution in [3.8, 4) is 0 Å². The van der Waals surface area contributed by atoms with Crippen molar-refractivity contribution >= 4 is 11.8 Å². The lowest BCUT2D eigenvalue weighted by Gasteiger charge is -2.56. The fraction of sp³-hybridized carbons (Fsp3) is 0.583. The highest BCUT2D eigenvalue weighted by Gasteiger charge is 2.62. The predicted molar refractivity (Wildman–Crippen MR) is 109 cm³/mol. The molecule has 4 atom stereocenters. The van der Waals surface area contributed by atoms with E-state index in [1.807, 2.05) is 37.3 Å². The molecule has 2 saturated heterocycles. The molecule has 3 aliphatic heterocycles. The van der Waals surface area contributed by atoms with E-state index in [2.05, 4.69) is 6.08 Å².